The quantitative estimate of drug-likeness (QED) is 0.327. The zero-order chi connectivity index (χ0) is 17.3. The predicted octanol–water partition coefficient (Wildman–Crippen LogP) is 1.16. The zero-order valence-corrected chi connectivity index (χ0v) is 14.5. The first-order valence-electron chi connectivity index (χ1n) is 7.01. The predicted molar refractivity (Wildman–Crippen MR) is 89.0 cm³/mol. The van der Waals surface area contributed by atoms with Crippen molar-refractivity contribution >= 4 is 50.8 Å². The number of nitro benzene ring substituents is 1. The van der Waals surface area contributed by atoms with E-state index in [1.54, 1.807) is 12.3 Å². The maximum absolute atomic E-state index is 11.5. The van der Waals surface area contributed by atoms with Gasteiger partial charge in [-0.25, -0.2) is 0 Å². The Morgan fingerprint density at radius 1 is 1.33 bits per heavy atom. The van der Waals surface area contributed by atoms with Gasteiger partial charge in [-0.1, -0.05) is 0 Å². The van der Waals surface area contributed by atoms with Crippen LogP contribution in [0.2, 0.25) is 0 Å². The van der Waals surface area contributed by atoms with Crippen LogP contribution in [-0.2, 0) is 0 Å². The third-order valence-corrected chi connectivity index (χ3v) is 4.45. The zero-order valence-electron chi connectivity index (χ0n) is 12.5. The molecule has 0 bridgehead atoms. The number of aliphatic imine (C=N–C) groups is 1. The minimum atomic E-state index is -0.496. The van der Waals surface area contributed by atoms with Gasteiger partial charge in [-0.05, 0) is 0 Å². The van der Waals surface area contributed by atoms with Gasteiger partial charge in [0.05, 0.1) is 0 Å². The molecule has 10 heteroatoms. The van der Waals surface area contributed by atoms with Gasteiger partial charge in [0.2, 0.25) is 0 Å². The van der Waals surface area contributed by atoms with E-state index in [0.717, 1.165) is 0 Å². The number of pyridine rings is 1. The molecule has 1 aliphatic heterocycles. The van der Waals surface area contributed by atoms with E-state index >= 15 is 0 Å². The molecule has 1 atom stereocenters. The van der Waals surface area contributed by atoms with Gasteiger partial charge >= 0.3 is 153 Å². The van der Waals surface area contributed by atoms with E-state index < -0.39 is 4.92 Å². The third kappa shape index (κ3) is 3.03. The number of hydrogen-bond donors (Lipinski definition) is 3. The number of hydrogen-bond acceptors (Lipinski definition) is 6. The summed E-state index contributed by atoms with van der Waals surface area (Å²) in [6.07, 6.45) is 3.17. The van der Waals surface area contributed by atoms with Crippen molar-refractivity contribution < 1.29 is 4.92 Å². The first-order valence-corrected chi connectivity index (χ1v) is 8.17. The van der Waals surface area contributed by atoms with E-state index in [4.69, 9.17) is 5.26 Å². The molecular formula is C14H9N6NaO3. The Labute approximate surface area is 153 Å². The molecule has 0 aliphatic carbocycles. The van der Waals surface area contributed by atoms with Crippen molar-refractivity contribution in [1.82, 2.24) is 4.98 Å². The molecule has 3 N–H and O–H groups in total. The summed E-state index contributed by atoms with van der Waals surface area (Å²) >= 11 is 0.661. The molecule has 114 valence electrons. The molecule has 0 radical (unpaired) electrons. The van der Waals surface area contributed by atoms with Crippen LogP contribution >= 0.6 is 0 Å². The fraction of sp³-hybridized carbons (Fsp3) is 0.0714. The van der Waals surface area contributed by atoms with Crippen LogP contribution in [0.5, 0.6) is 0 Å². The summed E-state index contributed by atoms with van der Waals surface area (Å²) < 4.78 is -0.154. The van der Waals surface area contributed by atoms with Gasteiger partial charge in [0.25, 0.3) is 0 Å². The van der Waals surface area contributed by atoms with E-state index in [0.29, 0.717) is 50.8 Å². The third-order valence-electron chi connectivity index (χ3n) is 3.61. The fourth-order valence-corrected chi connectivity index (χ4v) is 3.09. The van der Waals surface area contributed by atoms with Crippen molar-refractivity contribution in [2.75, 3.05) is 10.6 Å². The van der Waals surface area contributed by atoms with Crippen LogP contribution in [0.4, 0.5) is 17.1 Å². The second kappa shape index (κ2) is 6.45. The van der Waals surface area contributed by atoms with Crippen LogP contribution < -0.4 is 16.1 Å². The Morgan fingerprint density at radius 2 is 2.12 bits per heavy atom. The molecule has 1 aliphatic rings. The van der Waals surface area contributed by atoms with E-state index in [9.17, 15) is 14.9 Å². The molecule has 0 fully saturated rings. The first kappa shape index (κ1) is 16.2. The summed E-state index contributed by atoms with van der Waals surface area (Å²) in [6.45, 7) is 0. The van der Waals surface area contributed by atoms with E-state index in [-0.39, 0.29) is 20.0 Å². The number of amidine groups is 1. The SMILES string of the molecule is N#CN=C1Nc2cc(-c3cc(=O)cc[nH]3)c([N+](=O)[O-])cc2N[CH]1[Na]. The van der Waals surface area contributed by atoms with Crippen LogP contribution in [0.3, 0.4) is 0 Å². The van der Waals surface area contributed by atoms with Crippen molar-refractivity contribution in [2.45, 2.75) is 3.29 Å². The molecular weight excluding hydrogens is 323 g/mol. The molecule has 2 aromatic rings. The second-order valence-corrected chi connectivity index (χ2v) is 6.35. The number of nitrogens with one attached hydrogen (secondary N) is 3. The van der Waals surface area contributed by atoms with Gasteiger partial charge < -0.3 is 0 Å². The Bertz CT molecular complexity index is 962. The molecule has 24 heavy (non-hydrogen) atoms. The van der Waals surface area contributed by atoms with Gasteiger partial charge in [-0.2, -0.15) is 0 Å². The van der Waals surface area contributed by atoms with Crippen molar-refractivity contribution in [1.29, 1.82) is 5.26 Å². The van der Waals surface area contributed by atoms with Crippen LogP contribution in [0.15, 0.2) is 40.2 Å². The summed E-state index contributed by atoms with van der Waals surface area (Å²) in [5.74, 6) is 0.470. The second-order valence-electron chi connectivity index (χ2n) is 5.20. The van der Waals surface area contributed by atoms with Crippen LogP contribution in [0, 0.1) is 21.6 Å². The monoisotopic (exact) mass is 332 g/mol. The number of H-pyrrole nitrogens is 1. The summed E-state index contributed by atoms with van der Waals surface area (Å²) in [7, 11) is 0. The van der Waals surface area contributed by atoms with Gasteiger partial charge in [0.15, 0.2) is 0 Å². The fourth-order valence-electron chi connectivity index (χ4n) is 2.51. The number of rotatable bonds is 2. The summed E-state index contributed by atoms with van der Waals surface area (Å²) in [5, 5.41) is 26.3. The molecule has 1 aromatic carbocycles. The number of aromatic nitrogens is 1. The summed E-state index contributed by atoms with van der Waals surface area (Å²) in [5.41, 5.74) is 1.34. The average molecular weight is 332 g/mol. The molecule has 1 unspecified atom stereocenters. The van der Waals surface area contributed by atoms with Gasteiger partial charge in [-0.15, -0.1) is 0 Å². The normalized spacial score (nSPS) is 17.4. The Hall–Kier alpha value is -2.67. The average Bonchev–Trinajstić information content (AvgIpc) is 2.54. The molecule has 2 heterocycles. The van der Waals surface area contributed by atoms with Crippen molar-refractivity contribution in [3.05, 3.63) is 50.8 Å². The number of fused-ring (bicyclic) bond motifs is 1. The molecule has 0 saturated carbocycles. The van der Waals surface area contributed by atoms with E-state index in [1.165, 1.54) is 24.4 Å². The van der Waals surface area contributed by atoms with Gasteiger partial charge in [0, 0.05) is 0 Å². The van der Waals surface area contributed by atoms with Crippen molar-refractivity contribution in [3.8, 4) is 17.5 Å². The first-order chi connectivity index (χ1) is 11.5. The van der Waals surface area contributed by atoms with Gasteiger partial charge in [-0.3, -0.25) is 0 Å². The summed E-state index contributed by atoms with van der Waals surface area (Å²) in [4.78, 5) is 29.0. The number of nitriles is 1. The minimum absolute atomic E-state index is 0.126. The topological polar surface area (TPSA) is 136 Å². The van der Waals surface area contributed by atoms with E-state index in [1.807, 2.05) is 0 Å². The molecule has 1 aromatic heterocycles. The Balaban J connectivity index is 2.19. The number of nitrogens with zero attached hydrogens (tertiary/aromatic N) is 3. The summed E-state index contributed by atoms with van der Waals surface area (Å²) in [6, 6.07) is 5.60. The maximum atomic E-state index is 11.5. The molecule has 9 nitrogen and oxygen atoms in total. The van der Waals surface area contributed by atoms with Gasteiger partial charge in [0.1, 0.15) is 0 Å². The van der Waals surface area contributed by atoms with Crippen molar-refractivity contribution in [3.63, 3.8) is 0 Å². The van der Waals surface area contributed by atoms with Crippen LogP contribution in [0.25, 0.3) is 11.3 Å². The van der Waals surface area contributed by atoms with Crippen LogP contribution in [-0.4, -0.2) is 47.0 Å². The number of nitro groups is 1. The Morgan fingerprint density at radius 3 is 2.79 bits per heavy atom. The number of anilines is 2. The van der Waals surface area contributed by atoms with E-state index in [2.05, 4.69) is 20.6 Å². The van der Waals surface area contributed by atoms with Crippen molar-refractivity contribution in [2.24, 2.45) is 4.99 Å². The molecule has 0 spiro atoms. The standard InChI is InChI=1S/C14H9N6O3.Na/c15-7-18-14-6-17-11-5-13(20(22)23)9(4-12(11)19-14)10-3-8(21)1-2-16-10;/h1-6,17H,(H,16,21)(H,18,19);. The number of benzene rings is 1. The number of aromatic amines is 1. The van der Waals surface area contributed by atoms with Crippen LogP contribution in [0.1, 0.15) is 0 Å². The molecule has 0 amide bonds. The Kier molecular flexibility index (Phi) is 4.35. The molecule has 3 rings (SSSR count). The molecule has 0 saturated heterocycles.